The summed E-state index contributed by atoms with van der Waals surface area (Å²) in [6.45, 7) is 6.03. The molecule has 3 aromatic heterocycles. The zero-order valence-corrected chi connectivity index (χ0v) is 17.5. The molecule has 0 amide bonds. The van der Waals surface area contributed by atoms with Crippen LogP contribution in [0, 0.1) is 12.8 Å². The van der Waals surface area contributed by atoms with Crippen LogP contribution in [0.15, 0.2) is 42.9 Å². The van der Waals surface area contributed by atoms with Crippen LogP contribution in [0.3, 0.4) is 0 Å². The van der Waals surface area contributed by atoms with E-state index in [9.17, 15) is 13.2 Å². The van der Waals surface area contributed by atoms with Gasteiger partial charge < -0.3 is 5.32 Å². The third kappa shape index (κ3) is 3.20. The minimum atomic E-state index is -4.40. The van der Waals surface area contributed by atoms with Crippen LogP contribution < -0.4 is 5.32 Å². The van der Waals surface area contributed by atoms with Crippen LogP contribution in [0.25, 0.3) is 23.0 Å². The topological polar surface area (TPSA) is 86.3 Å². The molecule has 0 saturated carbocycles. The highest BCUT2D eigenvalue weighted by Gasteiger charge is 2.32. The molecule has 0 aliphatic carbocycles. The lowest BCUT2D eigenvalue weighted by Gasteiger charge is -2.29. The monoisotopic (exact) mass is 440 g/mol. The minimum Gasteiger partial charge on any atom is -0.358 e. The van der Waals surface area contributed by atoms with E-state index in [1.165, 1.54) is 12.1 Å². The molecule has 0 saturated heterocycles. The molecular weight excluding hydrogens is 421 g/mol. The molecule has 4 aromatic rings. The SMILES string of the molecule is Cc1nnc2n1-c1cnc(-n3ccnc3-c3ccc(C(F)(F)F)cc3)nc1NC2C(C)C. The van der Waals surface area contributed by atoms with Gasteiger partial charge in [0.15, 0.2) is 11.6 Å². The molecule has 8 nitrogen and oxygen atoms in total. The first-order valence-corrected chi connectivity index (χ1v) is 10.0. The number of rotatable bonds is 3. The number of benzene rings is 1. The predicted molar refractivity (Wildman–Crippen MR) is 110 cm³/mol. The van der Waals surface area contributed by atoms with Gasteiger partial charge in [0.2, 0.25) is 5.95 Å². The quantitative estimate of drug-likeness (QED) is 0.510. The van der Waals surface area contributed by atoms with Gasteiger partial charge in [-0.05, 0) is 25.0 Å². The summed E-state index contributed by atoms with van der Waals surface area (Å²) in [4.78, 5) is 13.5. The van der Waals surface area contributed by atoms with Gasteiger partial charge in [0.1, 0.15) is 17.3 Å². The van der Waals surface area contributed by atoms with Crippen molar-refractivity contribution in [1.29, 1.82) is 0 Å². The van der Waals surface area contributed by atoms with E-state index in [1.807, 2.05) is 11.5 Å². The number of hydrogen-bond acceptors (Lipinski definition) is 6. The number of nitrogens with one attached hydrogen (secondary N) is 1. The molecule has 32 heavy (non-hydrogen) atoms. The number of aromatic nitrogens is 7. The Morgan fingerprint density at radius 2 is 1.81 bits per heavy atom. The Hall–Kier alpha value is -3.76. The lowest BCUT2D eigenvalue weighted by Crippen LogP contribution is -2.28. The number of halogens is 3. The fourth-order valence-electron chi connectivity index (χ4n) is 3.79. The Bertz CT molecular complexity index is 1290. The first kappa shape index (κ1) is 20.2. The Labute approximate surface area is 181 Å². The van der Waals surface area contributed by atoms with Crippen LogP contribution in [0.2, 0.25) is 0 Å². The Balaban J connectivity index is 1.56. The van der Waals surface area contributed by atoms with Gasteiger partial charge in [0.05, 0.1) is 17.8 Å². The van der Waals surface area contributed by atoms with Gasteiger partial charge in [0.25, 0.3) is 0 Å². The summed E-state index contributed by atoms with van der Waals surface area (Å²) in [5.74, 6) is 3.18. The third-order valence-corrected chi connectivity index (χ3v) is 5.41. The van der Waals surface area contributed by atoms with Crippen molar-refractivity contribution in [2.45, 2.75) is 33.0 Å². The molecule has 1 N–H and O–H groups in total. The highest BCUT2D eigenvalue weighted by atomic mass is 19.4. The standard InChI is InChI=1S/C21H19F3N8/c1-11(2)16-19-30-29-12(3)32(19)15-10-26-20(28-17(15)27-16)31-9-8-25-18(31)13-4-6-14(7-5-13)21(22,23)24/h4-11,16H,1-3H3,(H,26,27,28). The highest BCUT2D eigenvalue weighted by Crippen LogP contribution is 2.36. The summed E-state index contributed by atoms with van der Waals surface area (Å²) in [6, 6.07) is 4.77. The molecule has 0 spiro atoms. The van der Waals surface area contributed by atoms with Gasteiger partial charge in [0, 0.05) is 18.0 Å². The van der Waals surface area contributed by atoms with E-state index < -0.39 is 11.7 Å². The number of fused-ring (bicyclic) bond motifs is 3. The Kier molecular flexibility index (Phi) is 4.50. The van der Waals surface area contributed by atoms with Gasteiger partial charge in [-0.3, -0.25) is 9.13 Å². The van der Waals surface area contributed by atoms with Crippen LogP contribution in [0.1, 0.15) is 37.1 Å². The molecule has 1 aliphatic rings. The molecule has 0 fully saturated rings. The van der Waals surface area contributed by atoms with Gasteiger partial charge >= 0.3 is 6.18 Å². The fourth-order valence-corrected chi connectivity index (χ4v) is 3.79. The molecule has 11 heteroatoms. The Morgan fingerprint density at radius 3 is 2.50 bits per heavy atom. The van der Waals surface area contributed by atoms with Crippen LogP contribution in [0.5, 0.6) is 0 Å². The second-order valence-corrected chi connectivity index (χ2v) is 7.91. The second kappa shape index (κ2) is 7.14. The van der Waals surface area contributed by atoms with Crippen molar-refractivity contribution in [3.05, 3.63) is 60.1 Å². The van der Waals surface area contributed by atoms with Crippen molar-refractivity contribution in [3.63, 3.8) is 0 Å². The Morgan fingerprint density at radius 1 is 1.06 bits per heavy atom. The minimum absolute atomic E-state index is 0.0800. The van der Waals surface area contributed by atoms with E-state index in [-0.39, 0.29) is 12.0 Å². The average Bonchev–Trinajstić information content (AvgIpc) is 3.39. The van der Waals surface area contributed by atoms with Crippen LogP contribution >= 0.6 is 0 Å². The first-order chi connectivity index (χ1) is 15.2. The third-order valence-electron chi connectivity index (χ3n) is 5.41. The van der Waals surface area contributed by atoms with Crippen LogP contribution in [0.4, 0.5) is 19.0 Å². The summed E-state index contributed by atoms with van der Waals surface area (Å²) in [5, 5.41) is 11.9. The summed E-state index contributed by atoms with van der Waals surface area (Å²) in [6.07, 6.45) is 0.514. The van der Waals surface area contributed by atoms with E-state index in [1.54, 1.807) is 23.2 Å². The number of hydrogen-bond donors (Lipinski definition) is 1. The molecule has 1 atom stereocenters. The normalized spacial score (nSPS) is 15.4. The van der Waals surface area contributed by atoms with Crippen LogP contribution in [-0.4, -0.2) is 34.3 Å². The second-order valence-electron chi connectivity index (χ2n) is 7.91. The molecule has 1 unspecified atom stereocenters. The number of imidazole rings is 1. The maximum atomic E-state index is 12.9. The van der Waals surface area contributed by atoms with E-state index >= 15 is 0 Å². The van der Waals surface area contributed by atoms with Crippen molar-refractivity contribution in [1.82, 2.24) is 34.3 Å². The molecule has 4 heterocycles. The van der Waals surface area contributed by atoms with Crippen molar-refractivity contribution < 1.29 is 13.2 Å². The van der Waals surface area contributed by atoms with Crippen molar-refractivity contribution >= 4 is 5.82 Å². The molecule has 1 aliphatic heterocycles. The summed E-state index contributed by atoms with van der Waals surface area (Å²) < 4.78 is 42.3. The lowest BCUT2D eigenvalue weighted by molar-refractivity contribution is -0.137. The summed E-state index contributed by atoms with van der Waals surface area (Å²) in [7, 11) is 0. The largest absolute Gasteiger partial charge is 0.416 e. The molecule has 0 radical (unpaired) electrons. The maximum absolute atomic E-state index is 12.9. The van der Waals surface area contributed by atoms with Gasteiger partial charge in [-0.25, -0.2) is 9.97 Å². The zero-order valence-electron chi connectivity index (χ0n) is 17.5. The molecular formula is C21H19F3N8. The number of aryl methyl sites for hydroxylation is 1. The number of alkyl halides is 3. The zero-order chi connectivity index (χ0) is 22.6. The van der Waals surface area contributed by atoms with Crippen LogP contribution in [-0.2, 0) is 6.18 Å². The number of nitrogens with zero attached hydrogens (tertiary/aromatic N) is 7. The smallest absolute Gasteiger partial charge is 0.358 e. The summed E-state index contributed by atoms with van der Waals surface area (Å²) in [5.41, 5.74) is 0.544. The van der Waals surface area contributed by atoms with E-state index in [2.05, 4.69) is 39.3 Å². The first-order valence-electron chi connectivity index (χ1n) is 10.0. The van der Waals surface area contributed by atoms with Gasteiger partial charge in [-0.2, -0.15) is 18.2 Å². The maximum Gasteiger partial charge on any atom is 0.416 e. The average molecular weight is 440 g/mol. The van der Waals surface area contributed by atoms with E-state index in [0.717, 1.165) is 29.5 Å². The van der Waals surface area contributed by atoms with Gasteiger partial charge in [-0.15, -0.1) is 10.2 Å². The van der Waals surface area contributed by atoms with E-state index in [0.29, 0.717) is 23.2 Å². The molecule has 1 aromatic carbocycles. The molecule has 164 valence electrons. The van der Waals surface area contributed by atoms with Crippen molar-refractivity contribution in [3.8, 4) is 23.0 Å². The summed E-state index contributed by atoms with van der Waals surface area (Å²) >= 11 is 0. The fraction of sp³-hybridized carbons (Fsp3) is 0.286. The molecule has 0 bridgehead atoms. The highest BCUT2D eigenvalue weighted by molar-refractivity contribution is 5.62. The van der Waals surface area contributed by atoms with Gasteiger partial charge in [-0.1, -0.05) is 26.0 Å². The lowest BCUT2D eigenvalue weighted by atomic mass is 10.0. The predicted octanol–water partition coefficient (Wildman–Crippen LogP) is 4.36. The van der Waals surface area contributed by atoms with E-state index in [4.69, 9.17) is 4.98 Å². The number of anilines is 1. The van der Waals surface area contributed by atoms with Crippen molar-refractivity contribution in [2.75, 3.05) is 5.32 Å². The molecule has 5 rings (SSSR count). The van der Waals surface area contributed by atoms with Crippen molar-refractivity contribution in [2.24, 2.45) is 5.92 Å².